The van der Waals surface area contributed by atoms with Gasteiger partial charge in [0, 0.05) is 0 Å². The van der Waals surface area contributed by atoms with E-state index >= 15 is 0 Å². The van der Waals surface area contributed by atoms with E-state index in [2.05, 4.69) is 38.2 Å². The molecule has 0 aromatic rings. The van der Waals surface area contributed by atoms with Gasteiger partial charge in [-0.15, -0.1) is 0 Å². The van der Waals surface area contributed by atoms with Crippen molar-refractivity contribution in [3.63, 3.8) is 0 Å². The van der Waals surface area contributed by atoms with Gasteiger partial charge in [0.25, 0.3) is 0 Å². The maximum absolute atomic E-state index is 13.1. The van der Waals surface area contributed by atoms with Crippen LogP contribution in [0.5, 0.6) is 0 Å². The Labute approximate surface area is 366 Å². The molecule has 1 aliphatic heterocycles. The molecule has 9 atom stereocenters. The molecule has 8 N–H and O–H groups in total. The second-order valence-corrected chi connectivity index (χ2v) is 18.4. The quantitative estimate of drug-likeness (QED) is 0.0218. The van der Waals surface area contributed by atoms with Gasteiger partial charge in [-0.2, -0.15) is 0 Å². The first-order valence-electron chi connectivity index (χ1n) is 24.9. The number of hydrogen-bond acceptors (Lipinski definition) is 10. The van der Waals surface area contributed by atoms with E-state index in [0.29, 0.717) is 19.3 Å². The Morgan fingerprint density at radius 3 is 1.50 bits per heavy atom. The molecule has 356 valence electrons. The topological polar surface area (TPSA) is 189 Å². The van der Waals surface area contributed by atoms with Gasteiger partial charge in [0.2, 0.25) is 5.91 Å². The van der Waals surface area contributed by atoms with Crippen LogP contribution in [0, 0.1) is 5.92 Å². The van der Waals surface area contributed by atoms with Crippen LogP contribution in [0.15, 0.2) is 12.2 Å². The molecule has 0 aromatic heterocycles. The van der Waals surface area contributed by atoms with Gasteiger partial charge in [-0.25, -0.2) is 0 Å². The summed E-state index contributed by atoms with van der Waals surface area (Å²) in [6, 6.07) is -1.17. The zero-order valence-electron chi connectivity index (χ0n) is 38.6. The highest BCUT2D eigenvalue weighted by Gasteiger charge is 2.44. The molecule has 0 aliphatic carbocycles. The van der Waals surface area contributed by atoms with E-state index in [4.69, 9.17) is 9.47 Å². The molecule has 0 spiro atoms. The fourth-order valence-electron chi connectivity index (χ4n) is 8.09. The van der Waals surface area contributed by atoms with Crippen molar-refractivity contribution in [3.8, 4) is 0 Å². The smallest absolute Gasteiger partial charge is 0.249 e. The van der Waals surface area contributed by atoms with Crippen LogP contribution in [0.2, 0.25) is 0 Å². The molecule has 0 bridgehead atoms. The van der Waals surface area contributed by atoms with Gasteiger partial charge in [0.15, 0.2) is 6.29 Å². The lowest BCUT2D eigenvalue weighted by Gasteiger charge is -2.40. The number of carbonyl (C=O) groups excluding carboxylic acids is 1. The van der Waals surface area contributed by atoms with Crippen molar-refractivity contribution in [2.75, 3.05) is 13.2 Å². The normalized spacial score (nSPS) is 21.8. The molecule has 1 amide bonds. The first-order chi connectivity index (χ1) is 29.0. The van der Waals surface area contributed by atoms with E-state index < -0.39 is 74.2 Å². The molecule has 0 aromatic carbocycles. The lowest BCUT2D eigenvalue weighted by atomic mass is 9.98. The summed E-state index contributed by atoms with van der Waals surface area (Å²) in [6.45, 7) is 5.73. The van der Waals surface area contributed by atoms with E-state index in [1.807, 2.05) is 0 Å². The summed E-state index contributed by atoms with van der Waals surface area (Å²) in [4.78, 5) is 13.1. The van der Waals surface area contributed by atoms with Crippen molar-refractivity contribution >= 4 is 5.91 Å². The molecule has 60 heavy (non-hydrogen) atoms. The standard InChI is InChI=1S/C49H95NO10/c1-4-5-6-7-8-9-10-11-12-13-14-15-16-17-18-19-20-23-27-30-33-36-42(53)48(58)50-40(38-59-49-47(57)46(56)45(55)43(37-51)60-49)44(54)41(52)35-32-29-26-24-21-22-25-28-31-34-39(2)3/h11-12,39-47,49,51-57H,4-10,13-38H2,1-3H3,(H,50,58)/b12-11+/t40-,41+,42-,43+,44-,45+,46-,47+,49+/m0/s1. The maximum Gasteiger partial charge on any atom is 0.249 e. The molecule has 11 heteroatoms. The number of aliphatic hydroxyl groups excluding tert-OH is 7. The minimum atomic E-state index is -1.66. The Balaban J connectivity index is 2.37. The van der Waals surface area contributed by atoms with E-state index in [1.54, 1.807) is 0 Å². The SMILES string of the molecule is CCCCCCCC/C=C/CCCCCCCCCCCCC[C@H](O)C(=O)N[C@@H](CO[C@@H]1O[C@H](CO)[C@@H](O)[C@H](O)[C@H]1O)[C@H](O)[C@H](O)CCCCCCCCCCCC(C)C. The van der Waals surface area contributed by atoms with Crippen LogP contribution in [0.25, 0.3) is 0 Å². The molecule has 1 fully saturated rings. The Hall–Kier alpha value is -1.15. The average molecular weight is 858 g/mol. The number of amides is 1. The van der Waals surface area contributed by atoms with Gasteiger partial charge in [-0.3, -0.25) is 4.79 Å². The Bertz CT molecular complexity index is 999. The number of allylic oxidation sites excluding steroid dienone is 2. The summed E-state index contributed by atoms with van der Waals surface area (Å²) < 4.78 is 11.1. The third-order valence-corrected chi connectivity index (χ3v) is 12.2. The minimum Gasteiger partial charge on any atom is -0.394 e. The Morgan fingerprint density at radius 2 is 1.03 bits per heavy atom. The van der Waals surface area contributed by atoms with Crippen molar-refractivity contribution in [1.82, 2.24) is 5.32 Å². The number of hydrogen-bond donors (Lipinski definition) is 8. The monoisotopic (exact) mass is 858 g/mol. The number of rotatable bonds is 41. The van der Waals surface area contributed by atoms with Gasteiger partial charge in [-0.1, -0.05) is 193 Å². The lowest BCUT2D eigenvalue weighted by molar-refractivity contribution is -0.303. The molecular weight excluding hydrogens is 763 g/mol. The van der Waals surface area contributed by atoms with Crippen LogP contribution in [-0.4, -0.2) is 110 Å². The van der Waals surface area contributed by atoms with Gasteiger partial charge >= 0.3 is 0 Å². The Morgan fingerprint density at radius 1 is 0.600 bits per heavy atom. The highest BCUT2D eigenvalue weighted by atomic mass is 16.7. The molecule has 1 heterocycles. The van der Waals surface area contributed by atoms with Crippen LogP contribution in [-0.2, 0) is 14.3 Å². The zero-order chi connectivity index (χ0) is 44.2. The fourth-order valence-corrected chi connectivity index (χ4v) is 8.09. The number of carbonyl (C=O) groups is 1. The minimum absolute atomic E-state index is 0.261. The number of nitrogens with one attached hydrogen (secondary N) is 1. The van der Waals surface area contributed by atoms with Gasteiger partial charge < -0.3 is 50.5 Å². The lowest BCUT2D eigenvalue weighted by Crippen LogP contribution is -2.60. The van der Waals surface area contributed by atoms with Gasteiger partial charge in [-0.05, 0) is 44.4 Å². The summed E-state index contributed by atoms with van der Waals surface area (Å²) in [5.74, 6) is 0.0657. The van der Waals surface area contributed by atoms with Crippen LogP contribution < -0.4 is 5.32 Å². The molecule has 0 radical (unpaired) electrons. The third-order valence-electron chi connectivity index (χ3n) is 12.2. The summed E-state index contributed by atoms with van der Waals surface area (Å²) >= 11 is 0. The Kier molecular flexibility index (Phi) is 36.3. The summed E-state index contributed by atoms with van der Waals surface area (Å²) in [5.41, 5.74) is 0. The zero-order valence-corrected chi connectivity index (χ0v) is 38.6. The molecule has 11 nitrogen and oxygen atoms in total. The third kappa shape index (κ3) is 28.5. The second-order valence-electron chi connectivity index (χ2n) is 18.4. The van der Waals surface area contributed by atoms with Gasteiger partial charge in [0.1, 0.15) is 36.6 Å². The van der Waals surface area contributed by atoms with Crippen LogP contribution in [0.1, 0.15) is 220 Å². The fraction of sp³-hybridized carbons (Fsp3) is 0.939. The van der Waals surface area contributed by atoms with Crippen molar-refractivity contribution in [2.45, 2.75) is 275 Å². The molecule has 1 rings (SSSR count). The van der Waals surface area contributed by atoms with Crippen LogP contribution >= 0.6 is 0 Å². The molecule has 0 saturated carbocycles. The number of unbranched alkanes of at least 4 members (excludes halogenated alkanes) is 25. The molecular formula is C49H95NO10. The highest BCUT2D eigenvalue weighted by molar-refractivity contribution is 5.80. The van der Waals surface area contributed by atoms with E-state index in [0.717, 1.165) is 44.4 Å². The van der Waals surface area contributed by atoms with E-state index in [-0.39, 0.29) is 6.42 Å². The van der Waals surface area contributed by atoms with Crippen LogP contribution in [0.3, 0.4) is 0 Å². The van der Waals surface area contributed by atoms with E-state index in [9.17, 15) is 40.5 Å². The van der Waals surface area contributed by atoms with Crippen molar-refractivity contribution < 1.29 is 50.0 Å². The predicted octanol–water partition coefficient (Wildman–Crippen LogP) is 8.70. The summed E-state index contributed by atoms with van der Waals surface area (Å²) in [7, 11) is 0. The number of ether oxygens (including phenoxy) is 2. The second kappa shape index (κ2) is 38.3. The first kappa shape index (κ1) is 56.9. The van der Waals surface area contributed by atoms with Crippen molar-refractivity contribution in [1.29, 1.82) is 0 Å². The van der Waals surface area contributed by atoms with Crippen LogP contribution in [0.4, 0.5) is 0 Å². The maximum atomic E-state index is 13.1. The summed E-state index contributed by atoms with van der Waals surface area (Å²) in [5, 5.41) is 75.7. The molecule has 1 saturated heterocycles. The molecule has 0 unspecified atom stereocenters. The highest BCUT2D eigenvalue weighted by Crippen LogP contribution is 2.23. The van der Waals surface area contributed by atoms with Crippen molar-refractivity contribution in [2.24, 2.45) is 5.92 Å². The largest absolute Gasteiger partial charge is 0.394 e. The van der Waals surface area contributed by atoms with Gasteiger partial charge in [0.05, 0.1) is 25.4 Å². The first-order valence-corrected chi connectivity index (χ1v) is 24.9. The van der Waals surface area contributed by atoms with E-state index in [1.165, 1.54) is 135 Å². The number of aliphatic hydroxyl groups is 7. The predicted molar refractivity (Wildman–Crippen MR) is 242 cm³/mol. The van der Waals surface area contributed by atoms with Crippen molar-refractivity contribution in [3.05, 3.63) is 12.2 Å². The average Bonchev–Trinajstić information content (AvgIpc) is 3.23. The summed E-state index contributed by atoms with van der Waals surface area (Å²) in [6.07, 6.45) is 28.4. The molecule has 1 aliphatic rings.